The number of nitrogens with zero attached hydrogens (tertiary/aromatic N) is 2. The second-order valence-electron chi connectivity index (χ2n) is 10.5. The van der Waals surface area contributed by atoms with Gasteiger partial charge in [-0.2, -0.15) is 0 Å². The second-order valence-corrected chi connectivity index (χ2v) is 10.5. The lowest BCUT2D eigenvalue weighted by atomic mass is 9.81. The Bertz CT molecular complexity index is 1190. The molecular weight excluding hydrogens is 458 g/mol. The van der Waals surface area contributed by atoms with Gasteiger partial charge in [-0.25, -0.2) is 0 Å². The van der Waals surface area contributed by atoms with E-state index >= 15 is 0 Å². The average molecular weight is 490 g/mol. The minimum absolute atomic E-state index is 0.0143. The van der Waals surface area contributed by atoms with Gasteiger partial charge >= 0.3 is 0 Å². The molecule has 0 aromatic heterocycles. The lowest BCUT2D eigenvalue weighted by molar-refractivity contribution is -0.141. The summed E-state index contributed by atoms with van der Waals surface area (Å²) in [5.74, 6) is -0.147. The summed E-state index contributed by atoms with van der Waals surface area (Å²) in [6.07, 6.45) is 4.83. The fraction of sp³-hybridized carbons (Fsp3) is 0.464. The Morgan fingerprint density at radius 2 is 1.75 bits per heavy atom. The maximum Gasteiger partial charge on any atom is 0.255 e. The third-order valence-corrected chi connectivity index (χ3v) is 8.16. The van der Waals surface area contributed by atoms with E-state index < -0.39 is 17.6 Å². The van der Waals surface area contributed by atoms with Crippen molar-refractivity contribution in [1.29, 1.82) is 0 Å². The van der Waals surface area contributed by atoms with E-state index in [1.807, 2.05) is 42.5 Å². The molecule has 2 saturated heterocycles. The molecule has 1 unspecified atom stereocenters. The molecule has 1 aliphatic carbocycles. The van der Waals surface area contributed by atoms with E-state index in [0.717, 1.165) is 42.6 Å². The molecule has 3 atom stereocenters. The van der Waals surface area contributed by atoms with E-state index in [4.69, 9.17) is 4.74 Å². The number of imide groups is 1. The predicted molar refractivity (Wildman–Crippen MR) is 131 cm³/mol. The molecule has 3 fully saturated rings. The number of likely N-dealkylation sites (tertiary alicyclic amines) is 1. The minimum Gasteiger partial charge on any atom is -0.489 e. The summed E-state index contributed by atoms with van der Waals surface area (Å²) in [5.41, 5.74) is 1.58. The number of rotatable bonds is 5. The highest BCUT2D eigenvalue weighted by Crippen LogP contribution is 2.38. The first-order chi connectivity index (χ1) is 17.4. The van der Waals surface area contributed by atoms with Crippen molar-refractivity contribution in [3.63, 3.8) is 0 Å². The van der Waals surface area contributed by atoms with Crippen molar-refractivity contribution >= 4 is 17.7 Å². The Labute approximate surface area is 210 Å². The van der Waals surface area contributed by atoms with Gasteiger partial charge in [0.1, 0.15) is 23.5 Å². The van der Waals surface area contributed by atoms with Gasteiger partial charge in [-0.3, -0.25) is 24.6 Å². The van der Waals surface area contributed by atoms with Gasteiger partial charge in [0.25, 0.3) is 5.91 Å². The summed E-state index contributed by atoms with van der Waals surface area (Å²) in [6.45, 7) is 1.53. The zero-order valence-electron chi connectivity index (χ0n) is 20.2. The van der Waals surface area contributed by atoms with Crippen molar-refractivity contribution in [3.05, 3.63) is 65.2 Å². The van der Waals surface area contributed by atoms with Crippen LogP contribution in [0.1, 0.15) is 60.0 Å². The van der Waals surface area contributed by atoms with E-state index in [-0.39, 0.29) is 30.4 Å². The van der Waals surface area contributed by atoms with Gasteiger partial charge in [-0.15, -0.1) is 0 Å². The fourth-order valence-corrected chi connectivity index (χ4v) is 6.22. The first-order valence-electron chi connectivity index (χ1n) is 12.9. The number of nitrogens with one attached hydrogen (secondary N) is 1. The zero-order chi connectivity index (χ0) is 24.9. The van der Waals surface area contributed by atoms with Crippen LogP contribution in [0.2, 0.25) is 0 Å². The molecule has 1 saturated carbocycles. The Balaban J connectivity index is 1.13. The molecule has 3 amide bonds. The monoisotopic (exact) mass is 489 g/mol. The quantitative estimate of drug-likeness (QED) is 0.626. The zero-order valence-corrected chi connectivity index (χ0v) is 20.2. The van der Waals surface area contributed by atoms with Crippen molar-refractivity contribution in [2.75, 3.05) is 13.1 Å². The molecule has 4 aliphatic rings. The van der Waals surface area contributed by atoms with Gasteiger partial charge in [0.15, 0.2) is 0 Å². The number of piperidine rings is 1. The molecule has 0 bridgehead atoms. The molecular formula is C28H31N3O5. The lowest BCUT2D eigenvalue weighted by Crippen LogP contribution is -2.65. The highest BCUT2D eigenvalue weighted by atomic mass is 16.5. The molecule has 0 radical (unpaired) electrons. The normalized spacial score (nSPS) is 27.9. The van der Waals surface area contributed by atoms with E-state index in [1.54, 1.807) is 11.0 Å². The number of β-amino-alcohol motifs (C(OH)–C–C–N with tert-alkyl or cyclic N) is 1. The van der Waals surface area contributed by atoms with Crippen molar-refractivity contribution in [2.24, 2.45) is 0 Å². The van der Waals surface area contributed by atoms with E-state index in [2.05, 4.69) is 10.2 Å². The number of carbonyl (C=O) groups excluding carboxylic acids is 3. The molecule has 2 aromatic rings. The van der Waals surface area contributed by atoms with Crippen molar-refractivity contribution in [2.45, 2.75) is 68.9 Å². The largest absolute Gasteiger partial charge is 0.489 e. The highest BCUT2D eigenvalue weighted by Gasteiger charge is 2.48. The molecule has 3 heterocycles. The topological polar surface area (TPSA) is 99.2 Å². The molecule has 8 nitrogen and oxygen atoms in total. The van der Waals surface area contributed by atoms with Crippen LogP contribution in [0.3, 0.4) is 0 Å². The van der Waals surface area contributed by atoms with Crippen LogP contribution in [0.4, 0.5) is 0 Å². The summed E-state index contributed by atoms with van der Waals surface area (Å²) < 4.78 is 6.50. The third kappa shape index (κ3) is 4.08. The van der Waals surface area contributed by atoms with Crippen LogP contribution in [-0.2, 0) is 21.7 Å². The number of fused-ring (bicyclic) bond motifs is 1. The van der Waals surface area contributed by atoms with Gasteiger partial charge < -0.3 is 14.7 Å². The number of aliphatic hydroxyl groups is 1. The number of ether oxygens (including phenoxy) is 1. The lowest BCUT2D eigenvalue weighted by Gasteiger charge is -2.53. The molecule has 3 aliphatic heterocycles. The van der Waals surface area contributed by atoms with Gasteiger partial charge in [-0.1, -0.05) is 36.8 Å². The molecule has 188 valence electrons. The van der Waals surface area contributed by atoms with Crippen LogP contribution in [0.25, 0.3) is 0 Å². The summed E-state index contributed by atoms with van der Waals surface area (Å²) in [7, 11) is 0. The number of amides is 3. The maximum absolute atomic E-state index is 13.0. The van der Waals surface area contributed by atoms with Gasteiger partial charge in [-0.05, 0) is 55.0 Å². The standard InChI is InChI=1S/C28H31N3O5/c32-25-13-12-23(26(33)29-25)31-15-18-14-20(10-11-21(18)27(31)34)36-24-9-5-4-8-22(24)30-16-28(35,17-30)19-6-2-1-3-7-19/h1-3,6-7,10-11,14,22-24,35H,4-5,8-9,12-13,15-17H2,(H,29,32,33)/t22-,23?,24-/m1/s1. The van der Waals surface area contributed by atoms with E-state index in [9.17, 15) is 19.5 Å². The number of carbonyl (C=O) groups is 3. The Kier molecular flexibility index (Phi) is 5.80. The molecule has 36 heavy (non-hydrogen) atoms. The van der Waals surface area contributed by atoms with E-state index in [1.165, 1.54) is 0 Å². The SMILES string of the molecule is O=C1CCC(N2Cc3cc(O[C@@H]4CCCC[C@H]4N4CC(O)(c5ccccc5)C4)ccc3C2=O)C(=O)N1. The van der Waals surface area contributed by atoms with Crippen LogP contribution in [0.15, 0.2) is 48.5 Å². The maximum atomic E-state index is 13.0. The van der Waals surface area contributed by atoms with Crippen molar-refractivity contribution in [3.8, 4) is 5.75 Å². The second kappa shape index (κ2) is 9.01. The Morgan fingerprint density at radius 1 is 0.972 bits per heavy atom. The highest BCUT2D eigenvalue weighted by molar-refractivity contribution is 6.05. The first-order valence-corrected chi connectivity index (χ1v) is 12.9. The number of benzene rings is 2. The van der Waals surface area contributed by atoms with Crippen molar-refractivity contribution < 1.29 is 24.2 Å². The Morgan fingerprint density at radius 3 is 2.53 bits per heavy atom. The number of hydrogen-bond acceptors (Lipinski definition) is 6. The van der Waals surface area contributed by atoms with Crippen LogP contribution >= 0.6 is 0 Å². The van der Waals surface area contributed by atoms with Gasteiger partial charge in [0.2, 0.25) is 11.8 Å². The number of hydrogen-bond donors (Lipinski definition) is 2. The smallest absolute Gasteiger partial charge is 0.255 e. The van der Waals surface area contributed by atoms with Crippen molar-refractivity contribution in [1.82, 2.24) is 15.1 Å². The summed E-state index contributed by atoms with van der Waals surface area (Å²) in [5, 5.41) is 13.4. The van der Waals surface area contributed by atoms with Gasteiger partial charge in [0.05, 0.1) is 0 Å². The molecule has 8 heteroatoms. The molecule has 0 spiro atoms. The van der Waals surface area contributed by atoms with E-state index in [0.29, 0.717) is 31.6 Å². The van der Waals surface area contributed by atoms with Crippen LogP contribution in [0.5, 0.6) is 5.75 Å². The molecule has 6 rings (SSSR count). The summed E-state index contributed by atoms with van der Waals surface area (Å²) in [6, 6.07) is 15.0. The minimum atomic E-state index is -0.809. The van der Waals surface area contributed by atoms with Gasteiger partial charge in [0, 0.05) is 37.7 Å². The van der Waals surface area contributed by atoms with Crippen LogP contribution < -0.4 is 10.1 Å². The van der Waals surface area contributed by atoms with Crippen LogP contribution in [-0.4, -0.2) is 63.9 Å². The summed E-state index contributed by atoms with van der Waals surface area (Å²) >= 11 is 0. The summed E-state index contributed by atoms with van der Waals surface area (Å²) in [4.78, 5) is 40.7. The predicted octanol–water partition coefficient (Wildman–Crippen LogP) is 2.34. The Hall–Kier alpha value is -3.23. The average Bonchev–Trinajstić information content (AvgIpc) is 3.18. The molecule has 2 aromatic carbocycles. The fourth-order valence-electron chi connectivity index (χ4n) is 6.22. The first kappa shape index (κ1) is 23.2. The molecule has 2 N–H and O–H groups in total. The third-order valence-electron chi connectivity index (χ3n) is 8.16. The van der Waals surface area contributed by atoms with Crippen LogP contribution in [0, 0.1) is 0 Å².